The molecular formula is C50H76O20. The quantitative estimate of drug-likeness (QED) is 0.0783. The molecule has 0 aromatic rings. The minimum atomic E-state index is -1.94. The number of hydrogen-bond donors (Lipinski definition) is 7. The average molecular weight is 997 g/mol. The third kappa shape index (κ3) is 9.18. The molecule has 7 N–H and O–H groups in total. The van der Waals surface area contributed by atoms with Gasteiger partial charge in [0.1, 0.15) is 71.9 Å². The van der Waals surface area contributed by atoms with Crippen molar-refractivity contribution in [3.63, 3.8) is 0 Å². The van der Waals surface area contributed by atoms with Crippen LogP contribution >= 0.6 is 0 Å². The molecule has 70 heavy (non-hydrogen) atoms. The first-order valence-corrected chi connectivity index (χ1v) is 24.6. The highest BCUT2D eigenvalue weighted by molar-refractivity contribution is 5.89. The van der Waals surface area contributed by atoms with Crippen molar-refractivity contribution < 1.29 is 97.5 Å². The number of fused-ring (bicyclic) bond motifs is 5. The lowest BCUT2D eigenvalue weighted by molar-refractivity contribution is -0.386. The van der Waals surface area contributed by atoms with Gasteiger partial charge < -0.3 is 83.1 Å². The van der Waals surface area contributed by atoms with Crippen LogP contribution in [0.15, 0.2) is 34.9 Å². The van der Waals surface area contributed by atoms with Crippen molar-refractivity contribution in [1.82, 2.24) is 0 Å². The third-order valence-electron chi connectivity index (χ3n) is 17.2. The fraction of sp³-hybridized carbons (Fsp3) is 0.820. The van der Waals surface area contributed by atoms with Gasteiger partial charge in [0.2, 0.25) is 0 Å². The van der Waals surface area contributed by atoms with E-state index in [2.05, 4.69) is 0 Å². The Bertz CT molecular complexity index is 2010. The maximum Gasteiger partial charge on any atom is 0.333 e. The molecule has 0 aromatic carbocycles. The number of carbonyl (C=O) groups is 3. The van der Waals surface area contributed by atoms with E-state index in [9.17, 15) is 50.1 Å². The van der Waals surface area contributed by atoms with E-state index in [0.717, 1.165) is 5.57 Å². The molecule has 3 aliphatic heterocycles. The second-order valence-corrected chi connectivity index (χ2v) is 21.0. The van der Waals surface area contributed by atoms with Crippen LogP contribution in [-0.4, -0.2) is 183 Å². The summed E-state index contributed by atoms with van der Waals surface area (Å²) in [6.45, 7) is 14.9. The van der Waals surface area contributed by atoms with Crippen molar-refractivity contribution in [2.75, 3.05) is 14.2 Å². The topological polar surface area (TPSA) is 285 Å². The van der Waals surface area contributed by atoms with Crippen LogP contribution in [0, 0.1) is 22.7 Å². The van der Waals surface area contributed by atoms with Crippen molar-refractivity contribution in [3.8, 4) is 0 Å². The number of hydrogen-bond acceptors (Lipinski definition) is 20. The van der Waals surface area contributed by atoms with E-state index in [-0.39, 0.29) is 42.6 Å². The number of ether oxygens (including phenoxy) is 10. The number of esters is 2. The molecule has 4 aliphatic carbocycles. The summed E-state index contributed by atoms with van der Waals surface area (Å²) in [5.74, 6) is -3.45. The standard InChI is InChI=1S/C50H76O20/c1-12-22(3)42(57)66-39-40-47(8)17-15-28(20-27(47)14-18-49(40,59)50(60)19-16-29(24(5)51)48(50,9)41(39)69-43(58)23(4)13-2)65-31-21-30(52)36(25(6)63-31)67-46-35(56)38(61-10)37(26(7)64-46)68-45-34(55)32(53)33(54)44(62-11)70-45/h12-14,25-26,28-41,44-46,52-56,59-60H,15-21H2,1-11H3/b22-12+,23-13+/t25-,26-,28+,29-,30-,31+,32+,33+,34-,35-,36-,37-,38+,39+,40-,41-,44+,45-,46+,47+,48+,49+,50-/m1/s1. The van der Waals surface area contributed by atoms with Gasteiger partial charge in [0.15, 0.2) is 25.2 Å². The predicted molar refractivity (Wildman–Crippen MR) is 243 cm³/mol. The minimum Gasteiger partial charge on any atom is -0.455 e. The summed E-state index contributed by atoms with van der Waals surface area (Å²) in [7, 11) is 2.59. The van der Waals surface area contributed by atoms with Crippen molar-refractivity contribution in [3.05, 3.63) is 34.9 Å². The van der Waals surface area contributed by atoms with Crippen LogP contribution in [0.5, 0.6) is 0 Å². The number of methoxy groups -OCH3 is 2. The first-order valence-electron chi connectivity index (χ1n) is 24.6. The van der Waals surface area contributed by atoms with Gasteiger partial charge in [0, 0.05) is 49.0 Å². The number of aliphatic hydroxyl groups is 7. The molecule has 0 spiro atoms. The van der Waals surface area contributed by atoms with Crippen LogP contribution in [0.4, 0.5) is 0 Å². The summed E-state index contributed by atoms with van der Waals surface area (Å²) in [4.78, 5) is 41.0. The van der Waals surface area contributed by atoms with Crippen molar-refractivity contribution in [1.29, 1.82) is 0 Å². The maximum absolute atomic E-state index is 13.9. The predicted octanol–water partition coefficient (Wildman–Crippen LogP) is 1.54. The van der Waals surface area contributed by atoms with Gasteiger partial charge in [-0.25, -0.2) is 9.59 Å². The summed E-state index contributed by atoms with van der Waals surface area (Å²) >= 11 is 0. The Morgan fingerprint density at radius 2 is 1.30 bits per heavy atom. The summed E-state index contributed by atoms with van der Waals surface area (Å²) < 4.78 is 60.0. The Hall–Kier alpha value is -2.77. The highest BCUT2D eigenvalue weighted by Gasteiger charge is 2.81. The highest BCUT2D eigenvalue weighted by atomic mass is 16.8. The molecule has 6 fully saturated rings. The number of ketones is 1. The van der Waals surface area contributed by atoms with Crippen LogP contribution in [0.2, 0.25) is 0 Å². The minimum absolute atomic E-state index is 0.0162. The van der Waals surface area contributed by atoms with E-state index in [4.69, 9.17) is 47.4 Å². The molecule has 0 bridgehead atoms. The van der Waals surface area contributed by atoms with Crippen LogP contribution < -0.4 is 0 Å². The summed E-state index contributed by atoms with van der Waals surface area (Å²) in [5.41, 5.74) is -4.91. The van der Waals surface area contributed by atoms with Crippen LogP contribution in [-0.2, 0) is 61.8 Å². The molecular weight excluding hydrogens is 921 g/mol. The van der Waals surface area contributed by atoms with E-state index in [0.29, 0.717) is 19.3 Å². The average Bonchev–Trinajstić information content (AvgIpc) is 3.61. The molecule has 0 aromatic heterocycles. The lowest BCUT2D eigenvalue weighted by atomic mass is 9.42. The highest BCUT2D eigenvalue weighted by Crippen LogP contribution is 2.70. The van der Waals surface area contributed by atoms with Gasteiger partial charge in [-0.2, -0.15) is 0 Å². The van der Waals surface area contributed by atoms with Gasteiger partial charge in [0.25, 0.3) is 0 Å². The van der Waals surface area contributed by atoms with Gasteiger partial charge in [-0.15, -0.1) is 0 Å². The first-order chi connectivity index (χ1) is 32.9. The molecule has 0 amide bonds. The Morgan fingerprint density at radius 1 is 0.700 bits per heavy atom. The lowest BCUT2D eigenvalue weighted by Gasteiger charge is -2.68. The second-order valence-electron chi connectivity index (χ2n) is 21.0. The molecule has 23 atom stereocenters. The number of Topliss-reactive ketones (excluding diaryl/α,β-unsaturated/α-hetero) is 1. The number of aliphatic hydroxyl groups excluding tert-OH is 5. The zero-order valence-electron chi connectivity index (χ0n) is 42.1. The van der Waals surface area contributed by atoms with Crippen molar-refractivity contribution in [2.45, 2.75) is 223 Å². The second kappa shape index (κ2) is 20.9. The van der Waals surface area contributed by atoms with E-state index < -0.39 is 150 Å². The van der Waals surface area contributed by atoms with Gasteiger partial charge in [-0.05, 0) is 92.4 Å². The molecule has 20 nitrogen and oxygen atoms in total. The third-order valence-corrected chi connectivity index (χ3v) is 17.2. The fourth-order valence-electron chi connectivity index (χ4n) is 12.9. The van der Waals surface area contributed by atoms with Crippen molar-refractivity contribution >= 4 is 17.7 Å². The molecule has 0 unspecified atom stereocenters. The fourth-order valence-corrected chi connectivity index (χ4v) is 12.9. The Morgan fingerprint density at radius 3 is 1.90 bits per heavy atom. The SMILES string of the molecule is C/C=C(\C)C(=O)O[C@@H]1[C@@H](OC(=O)/C(C)=C/C)[C@]2(C)[C@@H](C(C)=O)CC[C@]2(O)[C@]2(O)CC=C3C[C@@H](O[C@H]4C[C@@H](O)[C@H](O[C@@H]5O[C@H](C)[C@@H](O[C@@H]6O[C@H](OC)[C@@H](O)[C@H](O)[C@H]6O)[C@@H](OC)[C@H]5O)[C@@H](C)O4)CC[C@]3(C)[C@@H]12. The largest absolute Gasteiger partial charge is 0.455 e. The molecule has 7 rings (SSSR count). The molecule has 3 saturated carbocycles. The lowest BCUT2D eigenvalue weighted by Crippen LogP contribution is -2.80. The summed E-state index contributed by atoms with van der Waals surface area (Å²) in [6.07, 6.45) is -13.9. The number of carbonyl (C=O) groups excluding carboxylic acids is 3. The van der Waals surface area contributed by atoms with E-state index in [1.54, 1.807) is 60.6 Å². The molecule has 20 heteroatoms. The van der Waals surface area contributed by atoms with Gasteiger partial charge in [-0.3, -0.25) is 4.79 Å². The molecule has 3 heterocycles. The maximum atomic E-state index is 13.9. The first kappa shape index (κ1) is 55.0. The number of rotatable bonds is 13. The van der Waals surface area contributed by atoms with Gasteiger partial charge in [0.05, 0.1) is 24.4 Å². The van der Waals surface area contributed by atoms with Gasteiger partial charge >= 0.3 is 11.9 Å². The van der Waals surface area contributed by atoms with E-state index in [1.165, 1.54) is 21.1 Å². The van der Waals surface area contributed by atoms with E-state index >= 15 is 0 Å². The van der Waals surface area contributed by atoms with Crippen LogP contribution in [0.25, 0.3) is 0 Å². The summed E-state index contributed by atoms with van der Waals surface area (Å²) in [6, 6.07) is 0. The Balaban J connectivity index is 1.07. The zero-order chi connectivity index (χ0) is 51.6. The molecule has 0 radical (unpaired) electrons. The Kier molecular flexibility index (Phi) is 16.4. The molecule has 396 valence electrons. The number of allylic oxidation sites excluding steroid dienone is 2. The smallest absolute Gasteiger partial charge is 0.333 e. The van der Waals surface area contributed by atoms with Crippen molar-refractivity contribution in [2.24, 2.45) is 22.7 Å². The monoisotopic (exact) mass is 996 g/mol. The zero-order valence-corrected chi connectivity index (χ0v) is 42.1. The normalized spacial score (nSPS) is 48.7. The molecule has 7 aliphatic rings. The Labute approximate surface area is 409 Å². The molecule has 3 saturated heterocycles. The van der Waals surface area contributed by atoms with Crippen LogP contribution in [0.3, 0.4) is 0 Å². The van der Waals surface area contributed by atoms with Crippen LogP contribution in [0.1, 0.15) is 107 Å². The van der Waals surface area contributed by atoms with E-state index in [1.807, 2.05) is 13.0 Å². The van der Waals surface area contributed by atoms with Gasteiger partial charge in [-0.1, -0.05) is 37.6 Å². The summed E-state index contributed by atoms with van der Waals surface area (Å²) in [5, 5.41) is 80.5.